The van der Waals surface area contributed by atoms with Gasteiger partial charge in [-0.15, -0.1) is 0 Å². The van der Waals surface area contributed by atoms with Crippen molar-refractivity contribution in [2.75, 3.05) is 46.6 Å². The van der Waals surface area contributed by atoms with Gasteiger partial charge in [-0.2, -0.15) is 4.31 Å². The highest BCUT2D eigenvalue weighted by Crippen LogP contribution is 2.35. The van der Waals surface area contributed by atoms with Gasteiger partial charge in [-0.1, -0.05) is 0 Å². The minimum atomic E-state index is -3.60. The van der Waals surface area contributed by atoms with E-state index in [0.29, 0.717) is 31.1 Å². The number of fused-ring (bicyclic) bond motifs is 1. The smallest absolute Gasteiger partial charge is 0.246 e. The molecule has 1 aromatic rings. The summed E-state index contributed by atoms with van der Waals surface area (Å²) in [5.41, 5.74) is 7.19. The summed E-state index contributed by atoms with van der Waals surface area (Å²) in [5.74, 6) is 0.465. The van der Waals surface area contributed by atoms with Gasteiger partial charge >= 0.3 is 0 Å². The van der Waals surface area contributed by atoms with E-state index < -0.39 is 10.0 Å². The minimum Gasteiger partial charge on any atom is -0.492 e. The molecule has 0 saturated carbocycles. The quantitative estimate of drug-likeness (QED) is 0.813. The van der Waals surface area contributed by atoms with Crippen molar-refractivity contribution >= 4 is 15.7 Å². The summed E-state index contributed by atoms with van der Waals surface area (Å²) < 4.78 is 32.4. The topological polar surface area (TPSA) is 75.9 Å². The maximum Gasteiger partial charge on any atom is 0.246 e. The molecule has 1 aliphatic rings. The van der Waals surface area contributed by atoms with E-state index in [-0.39, 0.29) is 4.90 Å². The number of hydrogen-bond acceptors (Lipinski definition) is 5. The van der Waals surface area contributed by atoms with E-state index in [9.17, 15) is 8.42 Å². The van der Waals surface area contributed by atoms with Gasteiger partial charge in [0, 0.05) is 25.8 Å². The van der Waals surface area contributed by atoms with Gasteiger partial charge in [-0.05, 0) is 44.6 Å². The molecule has 0 radical (unpaired) electrons. The first kappa shape index (κ1) is 16.1. The van der Waals surface area contributed by atoms with Crippen LogP contribution in [-0.4, -0.2) is 58.5 Å². The predicted octanol–water partition coefficient (Wildman–Crippen LogP) is 0.776. The highest BCUT2D eigenvalue weighted by molar-refractivity contribution is 7.89. The zero-order valence-corrected chi connectivity index (χ0v) is 13.6. The third-order valence-corrected chi connectivity index (χ3v) is 5.40. The number of ether oxygens (including phenoxy) is 1. The molecular weight excluding hydrogens is 290 g/mol. The van der Waals surface area contributed by atoms with E-state index >= 15 is 0 Å². The van der Waals surface area contributed by atoms with Crippen molar-refractivity contribution in [3.05, 3.63) is 17.7 Å². The molecule has 0 aliphatic carbocycles. The molecule has 1 aliphatic heterocycles. The lowest BCUT2D eigenvalue weighted by molar-refractivity contribution is 0.279. The second-order valence-electron chi connectivity index (χ2n) is 5.59. The lowest BCUT2D eigenvalue weighted by Crippen LogP contribution is -2.34. The van der Waals surface area contributed by atoms with Crippen LogP contribution in [0.4, 0.5) is 5.69 Å². The number of nitrogen functional groups attached to an aromatic ring is 1. The normalized spacial score (nSPS) is 15.1. The van der Waals surface area contributed by atoms with Crippen molar-refractivity contribution in [3.8, 4) is 5.75 Å². The van der Waals surface area contributed by atoms with E-state index in [1.807, 2.05) is 19.0 Å². The fourth-order valence-corrected chi connectivity index (χ4v) is 3.66. The van der Waals surface area contributed by atoms with Crippen molar-refractivity contribution < 1.29 is 13.2 Å². The van der Waals surface area contributed by atoms with Crippen molar-refractivity contribution in [1.82, 2.24) is 9.21 Å². The van der Waals surface area contributed by atoms with Crippen LogP contribution in [0.5, 0.6) is 5.75 Å². The highest BCUT2D eigenvalue weighted by atomic mass is 32.2. The summed E-state index contributed by atoms with van der Waals surface area (Å²) in [6, 6.07) is 3.29. The second kappa shape index (κ2) is 6.21. The van der Waals surface area contributed by atoms with Crippen LogP contribution in [0.1, 0.15) is 12.0 Å². The summed E-state index contributed by atoms with van der Waals surface area (Å²) in [6.45, 7) is 1.61. The number of aryl methyl sites for hydroxylation is 1. The van der Waals surface area contributed by atoms with Crippen LogP contribution in [0.3, 0.4) is 0 Å². The molecule has 118 valence electrons. The number of sulfonamides is 1. The first-order valence-electron chi connectivity index (χ1n) is 6.98. The average Bonchev–Trinajstić information content (AvgIpc) is 2.43. The molecule has 1 heterocycles. The van der Waals surface area contributed by atoms with E-state index in [1.165, 1.54) is 10.4 Å². The van der Waals surface area contributed by atoms with E-state index in [0.717, 1.165) is 18.4 Å². The standard InChI is InChI=1S/C14H23N3O3S/c1-16(2)6-7-17(3)21(18,19)13-10-12(15)9-11-5-4-8-20-14(11)13/h9-10H,4-8,15H2,1-3H3. The Kier molecular flexibility index (Phi) is 4.75. The number of rotatable bonds is 5. The van der Waals surface area contributed by atoms with Crippen LogP contribution in [-0.2, 0) is 16.4 Å². The molecule has 1 aromatic carbocycles. The third kappa shape index (κ3) is 3.48. The lowest BCUT2D eigenvalue weighted by Gasteiger charge is -2.24. The highest BCUT2D eigenvalue weighted by Gasteiger charge is 2.28. The Morgan fingerprint density at radius 2 is 1.95 bits per heavy atom. The molecule has 0 amide bonds. The largest absolute Gasteiger partial charge is 0.492 e. The van der Waals surface area contributed by atoms with E-state index in [1.54, 1.807) is 13.1 Å². The summed E-state index contributed by atoms with van der Waals surface area (Å²) in [6.07, 6.45) is 1.68. The maximum atomic E-state index is 12.7. The molecule has 2 N–H and O–H groups in total. The first-order valence-corrected chi connectivity index (χ1v) is 8.42. The Morgan fingerprint density at radius 3 is 2.62 bits per heavy atom. The van der Waals surface area contributed by atoms with Crippen LogP contribution in [0, 0.1) is 0 Å². The number of nitrogens with two attached hydrogens (primary N) is 1. The molecule has 0 bridgehead atoms. The fraction of sp³-hybridized carbons (Fsp3) is 0.571. The van der Waals surface area contributed by atoms with Crippen LogP contribution in [0.2, 0.25) is 0 Å². The number of hydrogen-bond donors (Lipinski definition) is 1. The molecule has 0 spiro atoms. The Morgan fingerprint density at radius 1 is 1.24 bits per heavy atom. The zero-order chi connectivity index (χ0) is 15.6. The molecular formula is C14H23N3O3S. The average molecular weight is 313 g/mol. The Bertz CT molecular complexity index is 614. The molecule has 0 fully saturated rings. The van der Waals surface area contributed by atoms with Crippen molar-refractivity contribution in [2.45, 2.75) is 17.7 Å². The zero-order valence-electron chi connectivity index (χ0n) is 12.8. The van der Waals surface area contributed by atoms with Gasteiger partial charge in [0.1, 0.15) is 10.6 Å². The van der Waals surface area contributed by atoms with Crippen molar-refractivity contribution in [3.63, 3.8) is 0 Å². The molecule has 0 aromatic heterocycles. The van der Waals surface area contributed by atoms with Crippen LogP contribution in [0.25, 0.3) is 0 Å². The SMILES string of the molecule is CN(C)CCN(C)S(=O)(=O)c1cc(N)cc2c1OCCC2. The number of likely N-dealkylation sites (N-methyl/N-ethyl adjacent to an activating group) is 2. The Labute approximate surface area is 126 Å². The Hall–Kier alpha value is -1.31. The van der Waals surface area contributed by atoms with Gasteiger partial charge in [0.05, 0.1) is 6.61 Å². The molecule has 6 nitrogen and oxygen atoms in total. The summed E-state index contributed by atoms with van der Waals surface area (Å²) in [4.78, 5) is 2.12. The van der Waals surface area contributed by atoms with Crippen LogP contribution in [0.15, 0.2) is 17.0 Å². The van der Waals surface area contributed by atoms with E-state index in [4.69, 9.17) is 10.5 Å². The lowest BCUT2D eigenvalue weighted by atomic mass is 10.1. The van der Waals surface area contributed by atoms with Gasteiger partial charge in [-0.25, -0.2) is 8.42 Å². The predicted molar refractivity (Wildman–Crippen MR) is 83.0 cm³/mol. The van der Waals surface area contributed by atoms with Gasteiger partial charge in [0.25, 0.3) is 0 Å². The molecule has 2 rings (SSSR count). The maximum absolute atomic E-state index is 12.7. The summed E-state index contributed by atoms with van der Waals surface area (Å²) >= 11 is 0. The molecule has 7 heteroatoms. The van der Waals surface area contributed by atoms with Gasteiger partial charge in [0.15, 0.2) is 0 Å². The molecule has 21 heavy (non-hydrogen) atoms. The van der Waals surface area contributed by atoms with Crippen molar-refractivity contribution in [1.29, 1.82) is 0 Å². The van der Waals surface area contributed by atoms with Gasteiger partial charge < -0.3 is 15.4 Å². The number of anilines is 1. The summed E-state index contributed by atoms with van der Waals surface area (Å²) in [7, 11) is 1.80. The number of benzene rings is 1. The first-order chi connectivity index (χ1) is 9.82. The molecule has 0 saturated heterocycles. The molecule has 0 unspecified atom stereocenters. The molecule has 0 atom stereocenters. The monoisotopic (exact) mass is 313 g/mol. The van der Waals surface area contributed by atoms with Gasteiger partial charge in [0.2, 0.25) is 10.0 Å². The fourth-order valence-electron chi connectivity index (χ4n) is 2.29. The number of nitrogens with zero attached hydrogens (tertiary/aromatic N) is 2. The van der Waals surface area contributed by atoms with E-state index in [2.05, 4.69) is 0 Å². The third-order valence-electron chi connectivity index (χ3n) is 3.54. The van der Waals surface area contributed by atoms with Crippen LogP contribution >= 0.6 is 0 Å². The van der Waals surface area contributed by atoms with Gasteiger partial charge in [-0.3, -0.25) is 0 Å². The van der Waals surface area contributed by atoms with Crippen LogP contribution < -0.4 is 10.5 Å². The Balaban J connectivity index is 2.37. The minimum absolute atomic E-state index is 0.179. The van der Waals surface area contributed by atoms with Crippen molar-refractivity contribution in [2.24, 2.45) is 0 Å². The summed E-state index contributed by atoms with van der Waals surface area (Å²) in [5, 5.41) is 0. The second-order valence-corrected chi connectivity index (χ2v) is 7.60.